The summed E-state index contributed by atoms with van der Waals surface area (Å²) in [6, 6.07) is 0. The van der Waals surface area contributed by atoms with Crippen LogP contribution in [-0.4, -0.2) is 76.8 Å². The molecule has 0 amide bonds. The van der Waals surface area contributed by atoms with Gasteiger partial charge in [-0.1, -0.05) is 0 Å². The Kier molecular flexibility index (Phi) is 6.86. The molecule has 4 rings (SSSR count). The Labute approximate surface area is 172 Å². The minimum Gasteiger partial charge on any atom is -0.375 e. The molecule has 2 atom stereocenters. The second-order valence-electron chi connectivity index (χ2n) is 8.03. The van der Waals surface area contributed by atoms with Crippen LogP contribution in [0.3, 0.4) is 0 Å². The lowest BCUT2D eigenvalue weighted by atomic mass is 10.1. The number of hydrogen-bond acceptors (Lipinski definition) is 5. The van der Waals surface area contributed by atoms with Gasteiger partial charge in [0, 0.05) is 52.3 Å². The zero-order valence-electron chi connectivity index (χ0n) is 17.5. The molecule has 162 valence electrons. The summed E-state index contributed by atoms with van der Waals surface area (Å²) in [7, 11) is 0. The number of fused-ring (bicyclic) bond motifs is 1. The third-order valence-electron chi connectivity index (χ3n) is 5.93. The summed E-state index contributed by atoms with van der Waals surface area (Å²) in [5.41, 5.74) is 0.0307. The molecular weight excluding hydrogens is 372 g/mol. The Morgan fingerprint density at radius 3 is 2.90 bits per heavy atom. The lowest BCUT2D eigenvalue weighted by Crippen LogP contribution is -2.53. The largest absolute Gasteiger partial charge is 0.375 e. The number of aliphatic imine (C=N–C) groups is 1. The van der Waals surface area contributed by atoms with E-state index < -0.39 is 0 Å². The molecule has 2 unspecified atom stereocenters. The van der Waals surface area contributed by atoms with Gasteiger partial charge in [-0.15, -0.1) is 0 Å². The fourth-order valence-electron chi connectivity index (χ4n) is 4.41. The van der Waals surface area contributed by atoms with Crippen LogP contribution in [0.1, 0.15) is 44.9 Å². The number of morpholine rings is 1. The highest BCUT2D eigenvalue weighted by atomic mass is 16.5. The molecule has 0 bridgehead atoms. The van der Waals surface area contributed by atoms with E-state index in [1.807, 2.05) is 4.57 Å². The Bertz CT molecular complexity index is 752. The van der Waals surface area contributed by atoms with Gasteiger partial charge in [-0.05, 0) is 39.0 Å². The predicted molar refractivity (Wildman–Crippen MR) is 110 cm³/mol. The van der Waals surface area contributed by atoms with Crippen molar-refractivity contribution in [3.05, 3.63) is 16.3 Å². The molecule has 0 saturated carbocycles. The van der Waals surface area contributed by atoms with E-state index in [-0.39, 0.29) is 17.9 Å². The van der Waals surface area contributed by atoms with Crippen LogP contribution >= 0.6 is 0 Å². The van der Waals surface area contributed by atoms with Crippen LogP contribution in [0.4, 0.5) is 0 Å². The summed E-state index contributed by atoms with van der Waals surface area (Å²) in [6.45, 7) is 8.19. The summed E-state index contributed by atoms with van der Waals surface area (Å²) >= 11 is 0. The van der Waals surface area contributed by atoms with Crippen LogP contribution in [0, 0.1) is 0 Å². The number of nitrogens with zero attached hydrogens (tertiary/aromatic N) is 5. The smallest absolute Gasteiger partial charge is 0.345 e. The van der Waals surface area contributed by atoms with Crippen LogP contribution in [0.2, 0.25) is 0 Å². The second-order valence-corrected chi connectivity index (χ2v) is 8.03. The summed E-state index contributed by atoms with van der Waals surface area (Å²) in [5.74, 6) is 1.86. The number of aromatic nitrogens is 3. The maximum absolute atomic E-state index is 12.4. The SMILES string of the molecule is CCNC(=NCCCn1nc2n(c1=O)CCCC2)N1CCOC(C2CCCO2)C1. The molecule has 2 fully saturated rings. The van der Waals surface area contributed by atoms with Crippen LogP contribution in [-0.2, 0) is 29.0 Å². The van der Waals surface area contributed by atoms with Gasteiger partial charge in [0.1, 0.15) is 11.9 Å². The molecule has 9 nitrogen and oxygen atoms in total. The normalized spacial score (nSPS) is 25.3. The van der Waals surface area contributed by atoms with Crippen LogP contribution in [0.25, 0.3) is 0 Å². The van der Waals surface area contributed by atoms with Gasteiger partial charge in [0.25, 0.3) is 0 Å². The third-order valence-corrected chi connectivity index (χ3v) is 5.93. The van der Waals surface area contributed by atoms with Crippen molar-refractivity contribution in [1.82, 2.24) is 24.6 Å². The van der Waals surface area contributed by atoms with E-state index in [1.54, 1.807) is 4.68 Å². The third kappa shape index (κ3) is 4.83. The second kappa shape index (κ2) is 9.75. The zero-order valence-corrected chi connectivity index (χ0v) is 17.5. The van der Waals surface area contributed by atoms with Crippen LogP contribution in [0.5, 0.6) is 0 Å². The average molecular weight is 407 g/mol. The highest BCUT2D eigenvalue weighted by Gasteiger charge is 2.32. The summed E-state index contributed by atoms with van der Waals surface area (Å²) in [6.07, 6.45) is 6.43. The lowest BCUT2D eigenvalue weighted by molar-refractivity contribution is -0.0817. The Hall–Kier alpha value is -1.87. The molecule has 4 heterocycles. The Balaban J connectivity index is 1.32. The van der Waals surface area contributed by atoms with Crippen LogP contribution in [0.15, 0.2) is 9.79 Å². The van der Waals surface area contributed by atoms with Gasteiger partial charge in [0.2, 0.25) is 0 Å². The van der Waals surface area contributed by atoms with Gasteiger partial charge in [-0.3, -0.25) is 9.56 Å². The molecule has 1 N–H and O–H groups in total. The predicted octanol–water partition coefficient (Wildman–Crippen LogP) is 0.617. The van der Waals surface area contributed by atoms with Crippen molar-refractivity contribution in [2.24, 2.45) is 4.99 Å². The van der Waals surface area contributed by atoms with Crippen molar-refractivity contribution >= 4 is 5.96 Å². The standard InChI is InChI=1S/C20H34N6O3/c1-2-21-19(24-12-14-29-17(15-24)16-7-5-13-28-16)22-9-6-11-26-20(27)25-10-4-3-8-18(25)23-26/h16-17H,2-15H2,1H3,(H,21,22). The molecule has 0 spiro atoms. The van der Waals surface area contributed by atoms with Crippen molar-refractivity contribution in [3.63, 3.8) is 0 Å². The summed E-state index contributed by atoms with van der Waals surface area (Å²) in [5, 5.41) is 7.91. The van der Waals surface area contributed by atoms with Crippen molar-refractivity contribution in [2.75, 3.05) is 39.4 Å². The maximum atomic E-state index is 12.4. The Morgan fingerprint density at radius 2 is 2.10 bits per heavy atom. The first kappa shape index (κ1) is 20.4. The Morgan fingerprint density at radius 1 is 1.21 bits per heavy atom. The van der Waals surface area contributed by atoms with Gasteiger partial charge < -0.3 is 19.7 Å². The van der Waals surface area contributed by atoms with Crippen molar-refractivity contribution in [3.8, 4) is 0 Å². The van der Waals surface area contributed by atoms with Crippen molar-refractivity contribution in [2.45, 2.75) is 70.7 Å². The molecule has 0 radical (unpaired) electrons. The van der Waals surface area contributed by atoms with E-state index >= 15 is 0 Å². The number of ether oxygens (including phenoxy) is 2. The number of nitrogens with one attached hydrogen (secondary N) is 1. The van der Waals surface area contributed by atoms with Crippen molar-refractivity contribution in [1.29, 1.82) is 0 Å². The fourth-order valence-corrected chi connectivity index (χ4v) is 4.41. The van der Waals surface area contributed by atoms with Gasteiger partial charge in [-0.2, -0.15) is 5.10 Å². The van der Waals surface area contributed by atoms with E-state index in [1.165, 1.54) is 0 Å². The molecule has 29 heavy (non-hydrogen) atoms. The van der Waals surface area contributed by atoms with E-state index in [4.69, 9.17) is 14.5 Å². The quantitative estimate of drug-likeness (QED) is 0.423. The number of guanidine groups is 1. The molecule has 9 heteroatoms. The topological polar surface area (TPSA) is 85.9 Å². The van der Waals surface area contributed by atoms with Crippen molar-refractivity contribution < 1.29 is 9.47 Å². The number of rotatable bonds is 6. The molecule has 0 aliphatic carbocycles. The lowest BCUT2D eigenvalue weighted by Gasteiger charge is -2.37. The highest BCUT2D eigenvalue weighted by Crippen LogP contribution is 2.21. The molecule has 3 aliphatic heterocycles. The first-order valence-corrected chi connectivity index (χ1v) is 11.2. The minimum absolute atomic E-state index is 0.0307. The monoisotopic (exact) mass is 406 g/mol. The molecule has 1 aromatic rings. The highest BCUT2D eigenvalue weighted by molar-refractivity contribution is 5.80. The van der Waals surface area contributed by atoms with E-state index in [9.17, 15) is 4.79 Å². The first-order chi connectivity index (χ1) is 14.3. The molecule has 2 saturated heterocycles. The average Bonchev–Trinajstić information content (AvgIpc) is 3.40. The molecular formula is C20H34N6O3. The zero-order chi connectivity index (χ0) is 20.1. The van der Waals surface area contributed by atoms with E-state index in [2.05, 4.69) is 22.2 Å². The number of aryl methyl sites for hydroxylation is 2. The van der Waals surface area contributed by atoms with Crippen LogP contribution < -0.4 is 11.0 Å². The van der Waals surface area contributed by atoms with E-state index in [0.717, 1.165) is 83.1 Å². The van der Waals surface area contributed by atoms with Gasteiger partial charge in [0.05, 0.1) is 12.7 Å². The summed E-state index contributed by atoms with van der Waals surface area (Å²) < 4.78 is 15.2. The fraction of sp³-hybridized carbons (Fsp3) is 0.850. The van der Waals surface area contributed by atoms with E-state index in [0.29, 0.717) is 19.7 Å². The number of hydrogen-bond donors (Lipinski definition) is 1. The van der Waals surface area contributed by atoms with Gasteiger partial charge in [-0.25, -0.2) is 9.48 Å². The first-order valence-electron chi connectivity index (χ1n) is 11.2. The molecule has 3 aliphatic rings. The molecule has 0 aromatic carbocycles. The molecule has 1 aromatic heterocycles. The van der Waals surface area contributed by atoms with Gasteiger partial charge in [0.15, 0.2) is 5.96 Å². The minimum atomic E-state index is 0.0307. The maximum Gasteiger partial charge on any atom is 0.345 e. The summed E-state index contributed by atoms with van der Waals surface area (Å²) in [4.78, 5) is 19.5. The van der Waals surface area contributed by atoms with Gasteiger partial charge >= 0.3 is 5.69 Å².